The summed E-state index contributed by atoms with van der Waals surface area (Å²) in [5, 5.41) is 0. The predicted molar refractivity (Wildman–Crippen MR) is 79.4 cm³/mol. The van der Waals surface area contributed by atoms with E-state index in [2.05, 4.69) is 36.4 Å². The lowest BCUT2D eigenvalue weighted by Crippen LogP contribution is -2.59. The molecule has 0 radical (unpaired) electrons. The van der Waals surface area contributed by atoms with Gasteiger partial charge in [0, 0.05) is 11.8 Å². The Morgan fingerprint density at radius 3 is 1.95 bits per heavy atom. The van der Waals surface area contributed by atoms with Crippen LogP contribution in [0.5, 0.6) is 0 Å². The Balaban J connectivity index is 1.95. The molecule has 0 bridgehead atoms. The van der Waals surface area contributed by atoms with Crippen LogP contribution in [0.4, 0.5) is 0 Å². The molecule has 1 saturated carbocycles. The van der Waals surface area contributed by atoms with Gasteiger partial charge in [0.25, 0.3) is 0 Å². The average molecular weight is 260 g/mol. The summed E-state index contributed by atoms with van der Waals surface area (Å²) < 4.78 is 0. The van der Waals surface area contributed by atoms with Crippen molar-refractivity contribution in [2.45, 2.75) is 11.8 Å². The van der Waals surface area contributed by atoms with Crippen LogP contribution in [0, 0.1) is 11.8 Å². The lowest BCUT2D eigenvalue weighted by Gasteiger charge is -2.51. The molecule has 2 aromatic rings. The topological polar surface area (TPSA) is 17.1 Å². The van der Waals surface area contributed by atoms with Crippen molar-refractivity contribution in [1.82, 2.24) is 0 Å². The van der Waals surface area contributed by atoms with Crippen LogP contribution >= 0.6 is 0 Å². The highest BCUT2D eigenvalue weighted by molar-refractivity contribution is 6.03. The zero-order chi connectivity index (χ0) is 13.6. The maximum absolute atomic E-state index is 12.9. The number of carbonyl (C=O) groups is 1. The van der Waals surface area contributed by atoms with Crippen LogP contribution in [0.2, 0.25) is 0 Å². The van der Waals surface area contributed by atoms with Gasteiger partial charge in [0.15, 0.2) is 5.78 Å². The smallest absolute Gasteiger partial charge is 0.152 e. The van der Waals surface area contributed by atoms with E-state index in [1.54, 1.807) is 0 Å². The van der Waals surface area contributed by atoms with Gasteiger partial charge >= 0.3 is 0 Å². The summed E-state index contributed by atoms with van der Waals surface area (Å²) in [6.45, 7) is 0. The van der Waals surface area contributed by atoms with Gasteiger partial charge in [0.05, 0.1) is 5.41 Å². The summed E-state index contributed by atoms with van der Waals surface area (Å²) >= 11 is 0. The molecule has 4 rings (SSSR count). The second kappa shape index (κ2) is 4.17. The van der Waals surface area contributed by atoms with Gasteiger partial charge in [-0.15, -0.1) is 0 Å². The Hall–Kier alpha value is -2.15. The molecule has 2 aromatic carbocycles. The van der Waals surface area contributed by atoms with E-state index < -0.39 is 5.41 Å². The van der Waals surface area contributed by atoms with Crippen molar-refractivity contribution in [2.75, 3.05) is 0 Å². The molecule has 0 aromatic heterocycles. The minimum atomic E-state index is -0.458. The fraction of sp³-hybridized carbons (Fsp3) is 0.211. The van der Waals surface area contributed by atoms with Gasteiger partial charge in [-0.2, -0.15) is 0 Å². The molecular formula is C19H16O. The van der Waals surface area contributed by atoms with Crippen molar-refractivity contribution in [3.63, 3.8) is 0 Å². The number of fused-ring (bicyclic) bond motifs is 1. The second-order valence-electron chi connectivity index (χ2n) is 5.70. The van der Waals surface area contributed by atoms with Gasteiger partial charge in [-0.05, 0) is 17.5 Å². The zero-order valence-corrected chi connectivity index (χ0v) is 11.2. The van der Waals surface area contributed by atoms with E-state index in [4.69, 9.17) is 0 Å². The fourth-order valence-corrected chi connectivity index (χ4v) is 3.97. The summed E-state index contributed by atoms with van der Waals surface area (Å²) in [6.07, 6.45) is 5.32. The van der Waals surface area contributed by atoms with Gasteiger partial charge < -0.3 is 0 Å². The molecule has 0 spiro atoms. The van der Waals surface area contributed by atoms with Crippen molar-refractivity contribution in [3.05, 3.63) is 83.9 Å². The number of hydrogen-bond donors (Lipinski definition) is 0. The Morgan fingerprint density at radius 2 is 1.40 bits per heavy atom. The van der Waals surface area contributed by atoms with E-state index >= 15 is 0 Å². The lowest BCUT2D eigenvalue weighted by atomic mass is 9.48. The van der Waals surface area contributed by atoms with Gasteiger partial charge in [-0.3, -0.25) is 4.79 Å². The maximum atomic E-state index is 12.9. The summed E-state index contributed by atoms with van der Waals surface area (Å²) in [5.41, 5.74) is 1.80. The first-order chi connectivity index (χ1) is 9.85. The molecule has 2 aliphatic carbocycles. The summed E-state index contributed by atoms with van der Waals surface area (Å²) in [7, 11) is 0. The van der Waals surface area contributed by atoms with Gasteiger partial charge in [-0.1, -0.05) is 72.8 Å². The second-order valence-corrected chi connectivity index (χ2v) is 5.70. The third-order valence-electron chi connectivity index (χ3n) is 4.85. The minimum absolute atomic E-state index is 0.190. The van der Waals surface area contributed by atoms with Crippen molar-refractivity contribution < 1.29 is 4.79 Å². The van der Waals surface area contributed by atoms with Gasteiger partial charge in [0.2, 0.25) is 0 Å². The number of rotatable bonds is 2. The fourth-order valence-electron chi connectivity index (χ4n) is 3.97. The first kappa shape index (κ1) is 11.7. The number of allylic oxidation sites excluding steroid dienone is 2. The molecule has 1 fully saturated rings. The Bertz CT molecular complexity index is 630. The van der Waals surface area contributed by atoms with Crippen molar-refractivity contribution >= 4 is 5.78 Å². The van der Waals surface area contributed by atoms with Crippen LogP contribution in [0.1, 0.15) is 17.5 Å². The van der Waals surface area contributed by atoms with Crippen LogP contribution in [-0.2, 0) is 10.2 Å². The molecule has 2 atom stereocenters. The van der Waals surface area contributed by atoms with E-state index in [-0.39, 0.29) is 5.92 Å². The van der Waals surface area contributed by atoms with Crippen molar-refractivity contribution in [1.29, 1.82) is 0 Å². The largest absolute Gasteiger partial charge is 0.298 e. The highest BCUT2D eigenvalue weighted by Crippen LogP contribution is 2.57. The third-order valence-corrected chi connectivity index (χ3v) is 4.85. The number of benzene rings is 2. The minimum Gasteiger partial charge on any atom is -0.298 e. The molecule has 98 valence electrons. The maximum Gasteiger partial charge on any atom is 0.152 e. The van der Waals surface area contributed by atoms with Crippen LogP contribution in [0.3, 0.4) is 0 Å². The highest BCUT2D eigenvalue weighted by Gasteiger charge is 2.63. The molecule has 0 saturated heterocycles. The van der Waals surface area contributed by atoms with Crippen LogP contribution in [0.15, 0.2) is 72.8 Å². The number of carbonyl (C=O) groups excluding carboxylic acids is 1. The lowest BCUT2D eigenvalue weighted by molar-refractivity contribution is -0.140. The molecule has 0 amide bonds. The Morgan fingerprint density at radius 1 is 0.850 bits per heavy atom. The number of hydrogen-bond acceptors (Lipinski definition) is 1. The van der Waals surface area contributed by atoms with E-state index in [0.29, 0.717) is 11.7 Å². The normalized spacial score (nSPS) is 26.1. The average Bonchev–Trinajstić information content (AvgIpc) is 2.95. The van der Waals surface area contributed by atoms with E-state index in [1.165, 1.54) is 0 Å². The monoisotopic (exact) mass is 260 g/mol. The quantitative estimate of drug-likeness (QED) is 0.752. The summed E-state index contributed by atoms with van der Waals surface area (Å²) in [4.78, 5) is 12.9. The highest BCUT2D eigenvalue weighted by atomic mass is 16.1. The molecule has 0 aliphatic heterocycles. The zero-order valence-electron chi connectivity index (χ0n) is 11.2. The first-order valence-corrected chi connectivity index (χ1v) is 7.17. The molecule has 20 heavy (non-hydrogen) atoms. The molecule has 0 heterocycles. The molecule has 1 nitrogen and oxygen atoms in total. The van der Waals surface area contributed by atoms with E-state index in [0.717, 1.165) is 17.5 Å². The molecule has 2 aliphatic rings. The number of ketones is 1. The SMILES string of the molecule is O=C1[C@H]2CC=C[C@H]2C1(c1ccccc1)c1ccccc1. The molecule has 0 unspecified atom stereocenters. The van der Waals surface area contributed by atoms with Crippen LogP contribution in [-0.4, -0.2) is 5.78 Å². The van der Waals surface area contributed by atoms with E-state index in [9.17, 15) is 4.79 Å². The summed E-state index contributed by atoms with van der Waals surface area (Å²) in [6, 6.07) is 20.5. The Kier molecular flexibility index (Phi) is 2.43. The van der Waals surface area contributed by atoms with Crippen molar-refractivity contribution in [2.24, 2.45) is 11.8 Å². The molecule has 1 heteroatoms. The van der Waals surface area contributed by atoms with E-state index in [1.807, 2.05) is 36.4 Å². The molecular weight excluding hydrogens is 244 g/mol. The van der Waals surface area contributed by atoms with Crippen LogP contribution in [0.25, 0.3) is 0 Å². The predicted octanol–water partition coefficient (Wildman–Crippen LogP) is 3.75. The Labute approximate surface area is 119 Å². The summed E-state index contributed by atoms with van der Waals surface area (Å²) in [5.74, 6) is 0.889. The first-order valence-electron chi connectivity index (χ1n) is 7.17. The van der Waals surface area contributed by atoms with Crippen molar-refractivity contribution in [3.8, 4) is 0 Å². The number of Topliss-reactive ketones (excluding diaryl/α,β-unsaturated/α-hetero) is 1. The van der Waals surface area contributed by atoms with Gasteiger partial charge in [-0.25, -0.2) is 0 Å². The third kappa shape index (κ3) is 1.30. The standard InChI is InChI=1S/C19H16O/c20-18-16-12-7-13-17(16)19(18,14-8-3-1-4-9-14)15-10-5-2-6-11-15/h1-11,13,16-17H,12H2/t16-,17+/m0/s1. The molecule has 0 N–H and O–H groups in total. The van der Waals surface area contributed by atoms with Crippen LogP contribution < -0.4 is 0 Å². The van der Waals surface area contributed by atoms with Gasteiger partial charge in [0.1, 0.15) is 0 Å².